The zero-order chi connectivity index (χ0) is 42.9. The van der Waals surface area contributed by atoms with Crippen LogP contribution in [0.2, 0.25) is 0 Å². The molecule has 2 nitrogen and oxygen atoms in total. The summed E-state index contributed by atoms with van der Waals surface area (Å²) in [7, 11) is 0. The summed E-state index contributed by atoms with van der Waals surface area (Å²) in [5, 5.41) is 4.57. The van der Waals surface area contributed by atoms with Gasteiger partial charge in [-0.15, -0.1) is 0 Å². The lowest BCUT2D eigenvalue weighted by molar-refractivity contribution is 0.447. The Kier molecular flexibility index (Phi) is 8.47. The molecule has 65 heavy (non-hydrogen) atoms. The lowest BCUT2D eigenvalue weighted by Crippen LogP contribution is -2.32. The van der Waals surface area contributed by atoms with E-state index in [4.69, 9.17) is 4.74 Å². The average Bonchev–Trinajstić information content (AvgIpc) is 3.68. The molecule has 0 N–H and O–H groups in total. The SMILES string of the molecule is c1ccc(-c2ccc(N(c3ccc(-c4ccccc4)cc3)c3ccc(-c4cccc5c4-c4ccccc4C54c5ccc6ccccc6c5Oc5c4ccc4ccccc54)cc3)cc2)cc1. The predicted molar refractivity (Wildman–Crippen MR) is 270 cm³/mol. The number of anilines is 3. The van der Waals surface area contributed by atoms with Crippen molar-refractivity contribution >= 4 is 38.6 Å². The first kappa shape index (κ1) is 37.1. The quantitative estimate of drug-likeness (QED) is 0.166. The van der Waals surface area contributed by atoms with E-state index < -0.39 is 5.41 Å². The van der Waals surface area contributed by atoms with E-state index in [1.165, 1.54) is 77.5 Å². The Hall–Kier alpha value is -8.46. The zero-order valence-electron chi connectivity index (χ0n) is 35.5. The Morgan fingerprint density at radius 1 is 0.277 bits per heavy atom. The van der Waals surface area contributed by atoms with E-state index in [9.17, 15) is 0 Å². The van der Waals surface area contributed by atoms with E-state index in [-0.39, 0.29) is 0 Å². The van der Waals surface area contributed by atoms with E-state index in [0.29, 0.717) is 0 Å². The Morgan fingerprint density at radius 3 is 1.23 bits per heavy atom. The Bertz CT molecular complexity index is 3430. The molecule has 0 radical (unpaired) electrons. The van der Waals surface area contributed by atoms with Gasteiger partial charge in [0.05, 0.1) is 5.41 Å². The van der Waals surface area contributed by atoms with Gasteiger partial charge in [-0.05, 0) is 103 Å². The van der Waals surface area contributed by atoms with E-state index in [2.05, 4.69) is 254 Å². The fraction of sp³-hybridized carbons (Fsp3) is 0.0159. The third-order valence-corrected chi connectivity index (χ3v) is 13.7. The van der Waals surface area contributed by atoms with Crippen LogP contribution in [0.1, 0.15) is 22.3 Å². The standard InChI is InChI=1S/C63H41NO/c1-3-14-42(15-4-1)44-26-34-49(35-27-44)64(50-36-28-45(29-37-50)43-16-5-2-6-17-43)51-38-30-48(31-39-51)52-23-13-25-57-60(52)55-22-11-12-24-56(55)63(57)58-40-32-46-18-7-9-20-53(46)61(58)65-62-54-21-10-8-19-47(54)33-41-59(62)63/h1-41H. The highest BCUT2D eigenvalue weighted by Crippen LogP contribution is 2.65. The summed E-state index contributed by atoms with van der Waals surface area (Å²) in [6, 6.07) is 90.5. The first-order valence-corrected chi connectivity index (χ1v) is 22.4. The van der Waals surface area contributed by atoms with Crippen LogP contribution >= 0.6 is 0 Å². The monoisotopic (exact) mass is 827 g/mol. The molecular formula is C63H41NO. The van der Waals surface area contributed by atoms with Crippen LogP contribution in [0.15, 0.2) is 249 Å². The van der Waals surface area contributed by atoms with Crippen LogP contribution in [0.3, 0.4) is 0 Å². The summed E-state index contributed by atoms with van der Waals surface area (Å²) >= 11 is 0. The fourth-order valence-electron chi connectivity index (χ4n) is 10.8. The first-order chi connectivity index (χ1) is 32.2. The van der Waals surface area contributed by atoms with Crippen LogP contribution in [0.5, 0.6) is 11.5 Å². The van der Waals surface area contributed by atoms with Gasteiger partial charge in [-0.3, -0.25) is 0 Å². The molecular weight excluding hydrogens is 787 g/mol. The van der Waals surface area contributed by atoms with Gasteiger partial charge >= 0.3 is 0 Å². The number of hydrogen-bond donors (Lipinski definition) is 0. The summed E-state index contributed by atoms with van der Waals surface area (Å²) in [6.07, 6.45) is 0. The molecule has 2 aliphatic rings. The van der Waals surface area contributed by atoms with Crippen LogP contribution in [-0.2, 0) is 5.41 Å². The number of hydrogen-bond acceptors (Lipinski definition) is 2. The highest BCUT2D eigenvalue weighted by Gasteiger charge is 2.52. The van der Waals surface area contributed by atoms with Crippen molar-refractivity contribution < 1.29 is 4.74 Å². The van der Waals surface area contributed by atoms with Gasteiger partial charge in [0, 0.05) is 39.0 Å². The highest BCUT2D eigenvalue weighted by molar-refractivity contribution is 6.02. The molecule has 0 saturated heterocycles. The van der Waals surface area contributed by atoms with Crippen LogP contribution in [0.25, 0.3) is 66.1 Å². The van der Waals surface area contributed by atoms with E-state index >= 15 is 0 Å². The second-order valence-corrected chi connectivity index (χ2v) is 17.2. The van der Waals surface area contributed by atoms with Crippen molar-refractivity contribution in [1.29, 1.82) is 0 Å². The Balaban J connectivity index is 0.975. The predicted octanol–water partition coefficient (Wildman–Crippen LogP) is 16.9. The van der Waals surface area contributed by atoms with Crippen molar-refractivity contribution in [3.8, 4) is 56.0 Å². The second kappa shape index (κ2) is 14.8. The van der Waals surface area contributed by atoms with Crippen LogP contribution in [0.4, 0.5) is 17.1 Å². The molecule has 11 aromatic rings. The third kappa shape index (κ3) is 5.74. The Labute approximate surface area is 378 Å². The van der Waals surface area contributed by atoms with Crippen molar-refractivity contribution in [3.05, 3.63) is 271 Å². The molecule has 304 valence electrons. The molecule has 0 amide bonds. The smallest absolute Gasteiger partial charge is 0.140 e. The number of benzene rings is 11. The number of fused-ring (bicyclic) bond motifs is 13. The van der Waals surface area contributed by atoms with E-state index in [0.717, 1.165) is 39.3 Å². The number of rotatable bonds is 6. The molecule has 0 atom stereocenters. The summed E-state index contributed by atoms with van der Waals surface area (Å²) in [5.41, 5.74) is 17.2. The van der Waals surface area contributed by atoms with Gasteiger partial charge in [-0.25, -0.2) is 0 Å². The second-order valence-electron chi connectivity index (χ2n) is 17.2. The maximum Gasteiger partial charge on any atom is 0.140 e. The van der Waals surface area contributed by atoms with Crippen LogP contribution in [-0.4, -0.2) is 0 Å². The topological polar surface area (TPSA) is 12.5 Å². The maximum absolute atomic E-state index is 7.20. The molecule has 0 saturated carbocycles. The van der Waals surface area contributed by atoms with Crippen molar-refractivity contribution in [3.63, 3.8) is 0 Å². The van der Waals surface area contributed by atoms with Crippen LogP contribution in [0, 0.1) is 0 Å². The summed E-state index contributed by atoms with van der Waals surface area (Å²) in [6.45, 7) is 0. The van der Waals surface area contributed by atoms with Crippen molar-refractivity contribution in [2.45, 2.75) is 5.41 Å². The summed E-state index contributed by atoms with van der Waals surface area (Å²) in [5.74, 6) is 1.86. The molecule has 11 aromatic carbocycles. The first-order valence-electron chi connectivity index (χ1n) is 22.4. The van der Waals surface area contributed by atoms with Crippen molar-refractivity contribution in [1.82, 2.24) is 0 Å². The minimum atomic E-state index is -0.604. The minimum Gasteiger partial charge on any atom is -0.455 e. The van der Waals surface area contributed by atoms with Gasteiger partial charge in [-0.1, -0.05) is 212 Å². The van der Waals surface area contributed by atoms with Gasteiger partial charge in [0.1, 0.15) is 11.5 Å². The van der Waals surface area contributed by atoms with Gasteiger partial charge in [0.15, 0.2) is 0 Å². The molecule has 0 fully saturated rings. The molecule has 13 rings (SSSR count). The van der Waals surface area contributed by atoms with E-state index in [1.807, 2.05) is 0 Å². The minimum absolute atomic E-state index is 0.604. The molecule has 0 bridgehead atoms. The average molecular weight is 828 g/mol. The van der Waals surface area contributed by atoms with Crippen LogP contribution < -0.4 is 9.64 Å². The van der Waals surface area contributed by atoms with Crippen molar-refractivity contribution in [2.24, 2.45) is 0 Å². The molecule has 1 heterocycles. The molecule has 1 spiro atoms. The maximum atomic E-state index is 7.20. The third-order valence-electron chi connectivity index (χ3n) is 13.7. The molecule has 1 aliphatic carbocycles. The fourth-order valence-corrected chi connectivity index (χ4v) is 10.8. The van der Waals surface area contributed by atoms with Gasteiger partial charge in [0.25, 0.3) is 0 Å². The molecule has 1 aliphatic heterocycles. The van der Waals surface area contributed by atoms with Gasteiger partial charge in [0.2, 0.25) is 0 Å². The largest absolute Gasteiger partial charge is 0.455 e. The number of ether oxygens (including phenoxy) is 1. The highest BCUT2D eigenvalue weighted by atomic mass is 16.5. The zero-order valence-corrected chi connectivity index (χ0v) is 35.5. The molecule has 0 aromatic heterocycles. The lowest BCUT2D eigenvalue weighted by Gasteiger charge is -2.40. The van der Waals surface area contributed by atoms with Gasteiger partial charge < -0.3 is 9.64 Å². The molecule has 0 unspecified atom stereocenters. The Morgan fingerprint density at radius 2 is 0.692 bits per heavy atom. The molecule has 2 heteroatoms. The normalized spacial score (nSPS) is 12.9. The summed E-state index contributed by atoms with van der Waals surface area (Å²) in [4.78, 5) is 2.36. The van der Waals surface area contributed by atoms with E-state index in [1.54, 1.807) is 0 Å². The number of nitrogens with zero attached hydrogens (tertiary/aromatic N) is 1. The van der Waals surface area contributed by atoms with Crippen molar-refractivity contribution in [2.75, 3.05) is 4.90 Å². The van der Waals surface area contributed by atoms with Gasteiger partial charge in [-0.2, -0.15) is 0 Å². The summed E-state index contributed by atoms with van der Waals surface area (Å²) < 4.78 is 7.20. The lowest BCUT2D eigenvalue weighted by atomic mass is 9.65.